The van der Waals surface area contributed by atoms with E-state index >= 15 is 0 Å². The summed E-state index contributed by atoms with van der Waals surface area (Å²) < 4.78 is 42.9. The summed E-state index contributed by atoms with van der Waals surface area (Å²) in [6.45, 7) is 3.46. The Labute approximate surface area is 115 Å². The molecule has 1 atom stereocenters. The predicted octanol–water partition coefficient (Wildman–Crippen LogP) is 2.78. The molecule has 0 saturated heterocycles. The third-order valence-corrected chi connectivity index (χ3v) is 3.07. The second-order valence-electron chi connectivity index (χ2n) is 4.86. The first-order valence-electron chi connectivity index (χ1n) is 6.26. The summed E-state index contributed by atoms with van der Waals surface area (Å²) in [5.41, 5.74) is 4.23. The molecule has 0 aromatic heterocycles. The van der Waals surface area contributed by atoms with Crippen LogP contribution in [0.15, 0.2) is 24.3 Å². The van der Waals surface area contributed by atoms with E-state index in [1.807, 2.05) is 0 Å². The topological polar surface area (TPSA) is 52.3 Å². The van der Waals surface area contributed by atoms with E-state index in [0.717, 1.165) is 12.1 Å². The highest BCUT2D eigenvalue weighted by Crippen LogP contribution is 2.31. The Balaban J connectivity index is 2.99. The Bertz CT molecular complexity index is 474. The second-order valence-corrected chi connectivity index (χ2v) is 4.86. The molecule has 0 aliphatic heterocycles. The molecule has 0 radical (unpaired) electrons. The minimum absolute atomic E-state index is 0.00206. The number of ether oxygens (including phenoxy) is 1. The van der Waals surface area contributed by atoms with Gasteiger partial charge in [-0.2, -0.15) is 13.2 Å². The summed E-state index contributed by atoms with van der Waals surface area (Å²) in [6.07, 6.45) is -4.30. The van der Waals surface area contributed by atoms with Crippen molar-refractivity contribution in [2.45, 2.75) is 26.4 Å². The lowest BCUT2D eigenvalue weighted by Gasteiger charge is -2.25. The van der Waals surface area contributed by atoms with E-state index in [9.17, 15) is 18.0 Å². The van der Waals surface area contributed by atoms with E-state index in [1.165, 1.54) is 6.07 Å². The molecule has 0 spiro atoms. The van der Waals surface area contributed by atoms with Crippen molar-refractivity contribution in [3.8, 4) is 0 Å². The molecule has 0 amide bonds. The van der Waals surface area contributed by atoms with Crippen LogP contribution in [0.3, 0.4) is 0 Å². The van der Waals surface area contributed by atoms with Gasteiger partial charge in [0.15, 0.2) is 0 Å². The van der Waals surface area contributed by atoms with Crippen LogP contribution in [-0.2, 0) is 22.1 Å². The van der Waals surface area contributed by atoms with Gasteiger partial charge in [-0.25, -0.2) is 0 Å². The minimum atomic E-state index is -4.40. The molecule has 0 fully saturated rings. The number of hydrogen-bond acceptors (Lipinski definition) is 3. The van der Waals surface area contributed by atoms with Gasteiger partial charge in [-0.05, 0) is 31.9 Å². The molecular formula is C14H18F3NO2. The van der Waals surface area contributed by atoms with Crippen molar-refractivity contribution in [3.63, 3.8) is 0 Å². The minimum Gasteiger partial charge on any atom is -0.466 e. The summed E-state index contributed by atoms with van der Waals surface area (Å²) in [5, 5.41) is 0. The van der Waals surface area contributed by atoms with Gasteiger partial charge in [0.2, 0.25) is 0 Å². The van der Waals surface area contributed by atoms with Crippen LogP contribution in [0.5, 0.6) is 0 Å². The maximum Gasteiger partial charge on any atom is 0.416 e. The molecule has 2 N–H and O–H groups in total. The van der Waals surface area contributed by atoms with Crippen LogP contribution in [0, 0.1) is 5.41 Å². The van der Waals surface area contributed by atoms with Gasteiger partial charge in [-0.1, -0.05) is 18.2 Å². The zero-order chi connectivity index (χ0) is 15.4. The van der Waals surface area contributed by atoms with Crippen molar-refractivity contribution < 1.29 is 22.7 Å². The number of esters is 1. The average Bonchev–Trinajstić information content (AvgIpc) is 2.38. The van der Waals surface area contributed by atoms with Crippen molar-refractivity contribution in [1.29, 1.82) is 0 Å². The molecule has 1 rings (SSSR count). The quantitative estimate of drug-likeness (QED) is 0.848. The maximum absolute atomic E-state index is 12.6. The van der Waals surface area contributed by atoms with Crippen molar-refractivity contribution in [2.24, 2.45) is 11.1 Å². The fourth-order valence-electron chi connectivity index (χ4n) is 1.84. The zero-order valence-electron chi connectivity index (χ0n) is 11.5. The van der Waals surface area contributed by atoms with E-state index in [-0.39, 0.29) is 19.6 Å². The molecule has 0 bridgehead atoms. The van der Waals surface area contributed by atoms with Crippen LogP contribution in [0.2, 0.25) is 0 Å². The van der Waals surface area contributed by atoms with Crippen LogP contribution >= 0.6 is 0 Å². The molecule has 1 unspecified atom stereocenters. The normalized spacial score (nSPS) is 14.7. The van der Waals surface area contributed by atoms with Crippen LogP contribution in [0.4, 0.5) is 13.2 Å². The van der Waals surface area contributed by atoms with Crippen molar-refractivity contribution in [3.05, 3.63) is 35.4 Å². The number of carbonyl (C=O) groups is 1. The smallest absolute Gasteiger partial charge is 0.416 e. The summed E-state index contributed by atoms with van der Waals surface area (Å²) in [6, 6.07) is 4.89. The monoisotopic (exact) mass is 289 g/mol. The Morgan fingerprint density at radius 3 is 2.50 bits per heavy atom. The lowest BCUT2D eigenvalue weighted by molar-refractivity contribution is -0.153. The van der Waals surface area contributed by atoms with Gasteiger partial charge in [0.25, 0.3) is 0 Å². The van der Waals surface area contributed by atoms with Gasteiger partial charge in [0.1, 0.15) is 0 Å². The van der Waals surface area contributed by atoms with E-state index in [1.54, 1.807) is 19.9 Å². The average molecular weight is 289 g/mol. The van der Waals surface area contributed by atoms with Gasteiger partial charge in [-0.3, -0.25) is 4.79 Å². The molecule has 0 heterocycles. The first-order valence-corrected chi connectivity index (χ1v) is 6.26. The third kappa shape index (κ3) is 3.96. The van der Waals surface area contributed by atoms with Gasteiger partial charge in [0.05, 0.1) is 17.6 Å². The van der Waals surface area contributed by atoms with Crippen molar-refractivity contribution in [2.75, 3.05) is 13.2 Å². The molecule has 20 heavy (non-hydrogen) atoms. The molecule has 112 valence electrons. The molecular weight excluding hydrogens is 271 g/mol. The number of benzene rings is 1. The van der Waals surface area contributed by atoms with Crippen molar-refractivity contribution in [1.82, 2.24) is 0 Å². The summed E-state index contributed by atoms with van der Waals surface area (Å²) in [5.74, 6) is -0.500. The SMILES string of the molecule is CCOC(=O)C(C)(CN)Cc1cccc(C(F)(F)F)c1. The Morgan fingerprint density at radius 2 is 2.00 bits per heavy atom. The zero-order valence-corrected chi connectivity index (χ0v) is 11.5. The standard InChI is InChI=1S/C14H18F3NO2/c1-3-20-12(19)13(2,9-18)8-10-5-4-6-11(7-10)14(15,16)17/h4-7H,3,8-9,18H2,1-2H3. The van der Waals surface area contributed by atoms with Gasteiger partial charge >= 0.3 is 12.1 Å². The first kappa shape index (κ1) is 16.5. The van der Waals surface area contributed by atoms with Crippen LogP contribution in [0.25, 0.3) is 0 Å². The second kappa shape index (κ2) is 6.26. The number of alkyl halides is 3. The van der Waals surface area contributed by atoms with E-state index in [0.29, 0.717) is 5.56 Å². The lowest BCUT2D eigenvalue weighted by Crippen LogP contribution is -2.39. The predicted molar refractivity (Wildman–Crippen MR) is 68.9 cm³/mol. The fraction of sp³-hybridized carbons (Fsp3) is 0.500. The molecule has 3 nitrogen and oxygen atoms in total. The summed E-state index contributed by atoms with van der Waals surface area (Å²) in [4.78, 5) is 11.9. The number of halogens is 3. The Morgan fingerprint density at radius 1 is 1.35 bits per heavy atom. The van der Waals surface area contributed by atoms with Gasteiger partial charge in [0, 0.05) is 6.54 Å². The van der Waals surface area contributed by atoms with E-state index < -0.39 is 23.1 Å². The molecule has 0 aliphatic carbocycles. The third-order valence-electron chi connectivity index (χ3n) is 3.07. The largest absolute Gasteiger partial charge is 0.466 e. The maximum atomic E-state index is 12.6. The van der Waals surface area contributed by atoms with Crippen LogP contribution in [0.1, 0.15) is 25.0 Å². The van der Waals surface area contributed by atoms with Gasteiger partial charge in [-0.15, -0.1) is 0 Å². The molecule has 6 heteroatoms. The van der Waals surface area contributed by atoms with E-state index in [2.05, 4.69) is 0 Å². The number of carbonyl (C=O) groups excluding carboxylic acids is 1. The highest BCUT2D eigenvalue weighted by molar-refractivity contribution is 5.77. The summed E-state index contributed by atoms with van der Waals surface area (Å²) in [7, 11) is 0. The number of nitrogens with two attached hydrogens (primary N) is 1. The van der Waals surface area contributed by atoms with Crippen LogP contribution in [-0.4, -0.2) is 19.1 Å². The van der Waals surface area contributed by atoms with Crippen LogP contribution < -0.4 is 5.73 Å². The highest BCUT2D eigenvalue weighted by atomic mass is 19.4. The van der Waals surface area contributed by atoms with E-state index in [4.69, 9.17) is 10.5 Å². The molecule has 0 aliphatic rings. The Hall–Kier alpha value is -1.56. The number of hydrogen-bond donors (Lipinski definition) is 1. The highest BCUT2D eigenvalue weighted by Gasteiger charge is 2.35. The fourth-order valence-corrected chi connectivity index (χ4v) is 1.84. The molecule has 1 aromatic rings. The summed E-state index contributed by atoms with van der Waals surface area (Å²) >= 11 is 0. The lowest BCUT2D eigenvalue weighted by atomic mass is 9.83. The van der Waals surface area contributed by atoms with Crippen molar-refractivity contribution >= 4 is 5.97 Å². The number of rotatable bonds is 5. The molecule has 0 saturated carbocycles. The molecule has 1 aromatic carbocycles. The Kier molecular flexibility index (Phi) is 5.16. The first-order chi connectivity index (χ1) is 9.23. The van der Waals surface area contributed by atoms with Gasteiger partial charge < -0.3 is 10.5 Å².